The van der Waals surface area contributed by atoms with Gasteiger partial charge in [-0.3, -0.25) is 0 Å². The van der Waals surface area contributed by atoms with E-state index in [9.17, 15) is 0 Å². The Labute approximate surface area is 149 Å². The number of unbranched alkanes of at least 4 members (excludes halogenated alkanes) is 5. The predicted octanol–water partition coefficient (Wildman–Crippen LogP) is 6.58. The molecule has 3 rings (SSSR count). The smallest absolute Gasteiger partial charge is 0.122 e. The fourth-order valence-electron chi connectivity index (χ4n) is 5.21. The van der Waals surface area contributed by atoms with E-state index >= 15 is 0 Å². The fourth-order valence-corrected chi connectivity index (χ4v) is 5.21. The van der Waals surface area contributed by atoms with Crippen LogP contribution in [-0.2, 0) is 12.8 Å². The first kappa shape index (κ1) is 17.8. The van der Waals surface area contributed by atoms with Crippen molar-refractivity contribution in [2.75, 3.05) is 6.61 Å². The van der Waals surface area contributed by atoms with Crippen LogP contribution in [0.25, 0.3) is 0 Å². The SMILES string of the molecule is CCCCCCCCC1CCC2Cc3c(cccc3OCC)CC12. The molecule has 0 spiro atoms. The van der Waals surface area contributed by atoms with Crippen molar-refractivity contribution in [3.05, 3.63) is 29.3 Å². The van der Waals surface area contributed by atoms with Crippen LogP contribution in [0, 0.1) is 17.8 Å². The van der Waals surface area contributed by atoms with E-state index in [0.717, 1.165) is 30.1 Å². The molecule has 0 bridgehead atoms. The predicted molar refractivity (Wildman–Crippen MR) is 103 cm³/mol. The molecule has 0 N–H and O–H groups in total. The number of ether oxygens (including phenoxy) is 1. The summed E-state index contributed by atoms with van der Waals surface area (Å²) in [6.45, 7) is 5.18. The van der Waals surface area contributed by atoms with Gasteiger partial charge in [0, 0.05) is 0 Å². The molecule has 1 heteroatoms. The van der Waals surface area contributed by atoms with Gasteiger partial charge in [0.05, 0.1) is 6.61 Å². The van der Waals surface area contributed by atoms with Crippen molar-refractivity contribution in [3.8, 4) is 5.75 Å². The van der Waals surface area contributed by atoms with Gasteiger partial charge in [0.2, 0.25) is 0 Å². The van der Waals surface area contributed by atoms with Gasteiger partial charge < -0.3 is 4.74 Å². The second kappa shape index (κ2) is 8.92. The first-order valence-electron chi connectivity index (χ1n) is 10.6. The lowest BCUT2D eigenvalue weighted by Crippen LogP contribution is -2.25. The highest BCUT2D eigenvalue weighted by Gasteiger charge is 2.39. The summed E-state index contributed by atoms with van der Waals surface area (Å²) in [4.78, 5) is 0. The summed E-state index contributed by atoms with van der Waals surface area (Å²) in [6, 6.07) is 6.72. The monoisotopic (exact) mass is 328 g/mol. The van der Waals surface area contributed by atoms with Crippen LogP contribution >= 0.6 is 0 Å². The van der Waals surface area contributed by atoms with Crippen molar-refractivity contribution >= 4 is 0 Å². The molecule has 1 nitrogen and oxygen atoms in total. The summed E-state index contributed by atoms with van der Waals surface area (Å²) in [7, 11) is 0. The van der Waals surface area contributed by atoms with Crippen molar-refractivity contribution in [2.45, 2.75) is 84.5 Å². The second-order valence-electron chi connectivity index (χ2n) is 8.05. The molecule has 2 aliphatic rings. The Morgan fingerprint density at radius 2 is 1.79 bits per heavy atom. The van der Waals surface area contributed by atoms with E-state index in [1.165, 1.54) is 76.2 Å². The third-order valence-electron chi connectivity index (χ3n) is 6.50. The Hall–Kier alpha value is -0.980. The quantitative estimate of drug-likeness (QED) is 0.465. The molecule has 1 saturated carbocycles. The molecule has 0 heterocycles. The van der Waals surface area contributed by atoms with Crippen LogP contribution in [0.5, 0.6) is 5.75 Å². The van der Waals surface area contributed by atoms with Crippen LogP contribution in [0.3, 0.4) is 0 Å². The second-order valence-corrected chi connectivity index (χ2v) is 8.05. The minimum Gasteiger partial charge on any atom is -0.494 e. The van der Waals surface area contributed by atoms with E-state index in [0.29, 0.717) is 0 Å². The van der Waals surface area contributed by atoms with Crippen LogP contribution in [0.15, 0.2) is 18.2 Å². The topological polar surface area (TPSA) is 9.23 Å². The number of hydrogen-bond acceptors (Lipinski definition) is 1. The molecule has 1 aromatic carbocycles. The maximum atomic E-state index is 5.89. The zero-order chi connectivity index (χ0) is 16.8. The fraction of sp³-hybridized carbons (Fsp3) is 0.739. The molecule has 3 atom stereocenters. The number of benzene rings is 1. The van der Waals surface area contributed by atoms with Gasteiger partial charge in [0.25, 0.3) is 0 Å². The Morgan fingerprint density at radius 3 is 2.62 bits per heavy atom. The third-order valence-corrected chi connectivity index (χ3v) is 6.50. The van der Waals surface area contributed by atoms with Crippen molar-refractivity contribution in [3.63, 3.8) is 0 Å². The molecule has 0 aromatic heterocycles. The lowest BCUT2D eigenvalue weighted by atomic mass is 9.73. The van der Waals surface area contributed by atoms with E-state index < -0.39 is 0 Å². The summed E-state index contributed by atoms with van der Waals surface area (Å²) in [5.41, 5.74) is 3.11. The molecule has 2 aliphatic carbocycles. The highest BCUT2D eigenvalue weighted by molar-refractivity contribution is 5.42. The van der Waals surface area contributed by atoms with Gasteiger partial charge in [0.15, 0.2) is 0 Å². The minimum absolute atomic E-state index is 0.783. The molecule has 0 aliphatic heterocycles. The number of fused-ring (bicyclic) bond motifs is 2. The van der Waals surface area contributed by atoms with E-state index in [1.54, 1.807) is 5.56 Å². The molecule has 24 heavy (non-hydrogen) atoms. The molecular formula is C23H36O. The normalized spacial score (nSPS) is 25.3. The molecule has 0 amide bonds. The van der Waals surface area contributed by atoms with Gasteiger partial charge in [-0.15, -0.1) is 0 Å². The van der Waals surface area contributed by atoms with Crippen LogP contribution in [0.2, 0.25) is 0 Å². The summed E-state index contributed by atoms with van der Waals surface area (Å²) in [6.07, 6.45) is 15.6. The standard InChI is InChI=1S/C23H36O/c1-3-5-6-7-8-9-11-18-14-15-20-17-22-19(16-21(18)20)12-10-13-23(22)24-4-2/h10,12-13,18,20-21H,3-9,11,14-17H2,1-2H3. The van der Waals surface area contributed by atoms with Crippen molar-refractivity contribution in [1.29, 1.82) is 0 Å². The molecule has 0 radical (unpaired) electrons. The van der Waals surface area contributed by atoms with Gasteiger partial charge in [-0.05, 0) is 67.6 Å². The molecule has 134 valence electrons. The molecule has 3 unspecified atom stereocenters. The first-order chi connectivity index (χ1) is 11.8. The van der Waals surface area contributed by atoms with E-state index in [-0.39, 0.29) is 0 Å². The first-order valence-corrected chi connectivity index (χ1v) is 10.6. The maximum Gasteiger partial charge on any atom is 0.122 e. The molecule has 1 aromatic rings. The van der Waals surface area contributed by atoms with E-state index in [1.807, 2.05) is 0 Å². The summed E-state index contributed by atoms with van der Waals surface area (Å²) >= 11 is 0. The Bertz CT molecular complexity index is 507. The maximum absolute atomic E-state index is 5.89. The molecule has 1 fully saturated rings. The highest BCUT2D eigenvalue weighted by Crippen LogP contribution is 2.48. The van der Waals surface area contributed by atoms with Gasteiger partial charge in [-0.25, -0.2) is 0 Å². The number of hydrogen-bond donors (Lipinski definition) is 0. The zero-order valence-electron chi connectivity index (χ0n) is 15.9. The van der Waals surface area contributed by atoms with Crippen molar-refractivity contribution in [1.82, 2.24) is 0 Å². The summed E-state index contributed by atoms with van der Waals surface area (Å²) < 4.78 is 5.89. The van der Waals surface area contributed by atoms with Crippen LogP contribution in [0.4, 0.5) is 0 Å². The average molecular weight is 329 g/mol. The summed E-state index contributed by atoms with van der Waals surface area (Å²) in [5.74, 6) is 4.02. The number of rotatable bonds is 9. The van der Waals surface area contributed by atoms with Gasteiger partial charge in [-0.2, -0.15) is 0 Å². The lowest BCUT2D eigenvalue weighted by molar-refractivity contribution is 0.266. The molecular weight excluding hydrogens is 292 g/mol. The largest absolute Gasteiger partial charge is 0.494 e. The van der Waals surface area contributed by atoms with Crippen LogP contribution in [-0.4, -0.2) is 6.61 Å². The lowest BCUT2D eigenvalue weighted by Gasteiger charge is -2.32. The minimum atomic E-state index is 0.783. The zero-order valence-corrected chi connectivity index (χ0v) is 15.9. The highest BCUT2D eigenvalue weighted by atomic mass is 16.5. The Kier molecular flexibility index (Phi) is 6.63. The van der Waals surface area contributed by atoms with Gasteiger partial charge in [-0.1, -0.05) is 64.0 Å². The summed E-state index contributed by atoms with van der Waals surface area (Å²) in [5, 5.41) is 0. The van der Waals surface area contributed by atoms with Gasteiger partial charge >= 0.3 is 0 Å². The van der Waals surface area contributed by atoms with E-state index in [4.69, 9.17) is 4.74 Å². The van der Waals surface area contributed by atoms with Crippen LogP contribution in [0.1, 0.15) is 82.8 Å². The Balaban J connectivity index is 1.54. The van der Waals surface area contributed by atoms with Crippen LogP contribution < -0.4 is 4.74 Å². The average Bonchev–Trinajstić information content (AvgIpc) is 2.99. The Morgan fingerprint density at radius 1 is 0.958 bits per heavy atom. The molecule has 0 saturated heterocycles. The van der Waals surface area contributed by atoms with E-state index in [2.05, 4.69) is 32.0 Å². The third kappa shape index (κ3) is 4.16. The van der Waals surface area contributed by atoms with Crippen molar-refractivity contribution in [2.24, 2.45) is 17.8 Å². The van der Waals surface area contributed by atoms with Crippen molar-refractivity contribution < 1.29 is 4.74 Å². The van der Waals surface area contributed by atoms with Gasteiger partial charge in [0.1, 0.15) is 5.75 Å².